The van der Waals surface area contributed by atoms with Gasteiger partial charge in [0.05, 0.1) is 73.9 Å². The number of rotatable bonds is 19. The maximum absolute atomic E-state index is 12.7. The topological polar surface area (TPSA) is 464 Å². The first-order chi connectivity index (χ1) is 59.4. The van der Waals surface area contributed by atoms with E-state index in [0.717, 1.165) is 72.4 Å². The van der Waals surface area contributed by atoms with Crippen molar-refractivity contribution in [2.45, 2.75) is 88.2 Å². The minimum Gasteiger partial charge on any atom is -0.870 e. The summed E-state index contributed by atoms with van der Waals surface area (Å²) in [6, 6.07) is 66.9. The first-order valence-corrected chi connectivity index (χ1v) is 44.1. The Bertz CT molecular complexity index is 5810. The summed E-state index contributed by atoms with van der Waals surface area (Å²) in [5.41, 5.74) is 45.1. The van der Waals surface area contributed by atoms with Gasteiger partial charge in [0.25, 0.3) is 5.91 Å². The van der Waals surface area contributed by atoms with Crippen LogP contribution < -0.4 is 70.5 Å². The zero-order chi connectivity index (χ0) is 92.2. The van der Waals surface area contributed by atoms with Crippen molar-refractivity contribution in [2.24, 2.45) is 5.73 Å². The molecule has 3 heterocycles. The molecular weight excluding hydrogens is 1740 g/mol. The van der Waals surface area contributed by atoms with Gasteiger partial charge < -0.3 is 67.4 Å². The molecular formula is C89H97Cl4LiN19NaO13Si. The molecule has 2 unspecified atom stereocenters. The molecule has 0 radical (unpaired) electrons. The number of carbonyl (C=O) groups is 6. The molecule has 32 nitrogen and oxygen atoms in total. The van der Waals surface area contributed by atoms with Gasteiger partial charge in [-0.2, -0.15) is 14.0 Å². The van der Waals surface area contributed by atoms with Crippen molar-refractivity contribution in [1.82, 2.24) is 65.9 Å². The van der Waals surface area contributed by atoms with Crippen LogP contribution in [0.2, 0.25) is 0 Å². The molecule has 2 amide bonds. The number of aromatic carboxylic acids is 1. The van der Waals surface area contributed by atoms with Crippen molar-refractivity contribution >= 4 is 96.7 Å². The molecule has 0 aliphatic carbocycles. The predicted octanol–water partition coefficient (Wildman–Crippen LogP) is 11.6. The van der Waals surface area contributed by atoms with E-state index in [1.165, 1.54) is 54.5 Å². The number of hydrogen-bond acceptors (Lipinski definition) is 23. The minimum atomic E-state index is -2.72. The second-order valence-corrected chi connectivity index (χ2v) is 39.1. The molecule has 3 aromatic heterocycles. The SMILES string of the molecule is COC(=O)c1cc(-c2ccc(C)cc2)cc(-n2nnnc2C)c1.COC(=O)c1cc(N)cc(-c2ccc(C)cc2)c1.COC(=O)c1cc(NC(C)=O)cc(-c2ccc(C)cc2)c1.COCC(C)N.COCC(C)NC(=O)c1cc(-c2ccc(C)cc2)cc(-n2nnnc2C)c1.Cc1ccc(-c2cc(C(=O)O)cc(-n3nnnc3C)c2)cc1.Cl[Si](Cl)(Cl)Cl.[Li+].[N-]=[N+]=[N-].[Na+].[OH-]. The van der Waals surface area contributed by atoms with Crippen LogP contribution in [0.3, 0.4) is 0 Å². The molecule has 39 heteroatoms. The number of nitrogen functional groups attached to an aromatic ring is 1. The average molecular weight is 1840 g/mol. The molecule has 128 heavy (non-hydrogen) atoms. The fraction of sp³-hybridized carbons (Fsp3) is 0.225. The summed E-state index contributed by atoms with van der Waals surface area (Å²) >= 11 is 19.9. The molecule has 0 spiro atoms. The van der Waals surface area contributed by atoms with Gasteiger partial charge in [0.2, 0.25) is 5.91 Å². The molecule has 660 valence electrons. The zero-order valence-corrected chi connectivity index (χ0v) is 80.1. The molecule has 0 saturated carbocycles. The van der Waals surface area contributed by atoms with Gasteiger partial charge in [-0.1, -0.05) is 149 Å². The Hall–Kier alpha value is -11.8. The molecule has 0 aliphatic rings. The Labute approximate surface area is 795 Å². The Morgan fingerprint density at radius 2 is 0.711 bits per heavy atom. The number of aryl methyl sites for hydroxylation is 8. The smallest absolute Gasteiger partial charge is 0.870 e. The summed E-state index contributed by atoms with van der Waals surface area (Å²) in [5.74, 6) is -0.667. The van der Waals surface area contributed by atoms with Crippen LogP contribution in [0.4, 0.5) is 11.4 Å². The Balaban J connectivity index is 0.000000396. The van der Waals surface area contributed by atoms with Crippen molar-refractivity contribution < 1.29 is 111 Å². The molecule has 0 saturated heterocycles. The normalized spacial score (nSPS) is 10.5. The number of tetrazole rings is 3. The van der Waals surface area contributed by atoms with Crippen molar-refractivity contribution in [3.05, 3.63) is 301 Å². The second-order valence-electron chi connectivity index (χ2n) is 27.9. The van der Waals surface area contributed by atoms with E-state index in [1.807, 2.05) is 213 Å². The van der Waals surface area contributed by atoms with Gasteiger partial charge in [-0.15, -0.1) is 59.6 Å². The summed E-state index contributed by atoms with van der Waals surface area (Å²) < 4.78 is 28.8. The van der Waals surface area contributed by atoms with Crippen molar-refractivity contribution in [3.8, 4) is 72.7 Å². The summed E-state index contributed by atoms with van der Waals surface area (Å²) in [5, 5.41) is 46.8. The van der Waals surface area contributed by atoms with Crippen molar-refractivity contribution in [1.29, 1.82) is 0 Å². The number of carboxylic acid groups (broad SMARTS) is 1. The number of carboxylic acids is 1. The number of ether oxygens (including phenoxy) is 5. The monoisotopic (exact) mass is 1840 g/mol. The first kappa shape index (κ1) is 110. The molecule has 13 aromatic rings. The third-order valence-electron chi connectivity index (χ3n) is 17.5. The fourth-order valence-corrected chi connectivity index (χ4v) is 11.6. The molecule has 2 atom stereocenters. The third-order valence-corrected chi connectivity index (χ3v) is 17.5. The number of amides is 2. The van der Waals surface area contributed by atoms with Crippen LogP contribution >= 0.6 is 44.3 Å². The van der Waals surface area contributed by atoms with E-state index in [9.17, 15) is 33.9 Å². The number of hydrogen-bond donors (Lipinski definition) is 5. The van der Waals surface area contributed by atoms with Gasteiger partial charge in [0, 0.05) is 50.2 Å². The van der Waals surface area contributed by atoms with Crippen molar-refractivity contribution in [2.75, 3.05) is 59.8 Å². The third kappa shape index (κ3) is 36.5. The van der Waals surface area contributed by atoms with Gasteiger partial charge in [-0.3, -0.25) is 14.5 Å². The maximum Gasteiger partial charge on any atom is 1.00 e. The number of nitrogens with one attached hydrogen (secondary N) is 2. The minimum absolute atomic E-state index is 0. The molecule has 8 N–H and O–H groups in total. The van der Waals surface area contributed by atoms with Crippen LogP contribution in [-0.2, 0) is 28.5 Å². The molecule has 13 rings (SSSR count). The van der Waals surface area contributed by atoms with Crippen LogP contribution in [0.5, 0.6) is 0 Å². The molecule has 0 aliphatic heterocycles. The number of methoxy groups -OCH3 is 5. The summed E-state index contributed by atoms with van der Waals surface area (Å²) in [6.45, 7) is 21.8. The number of nitrogens with zero attached hydrogens (tertiary/aromatic N) is 15. The number of aromatic nitrogens is 12. The van der Waals surface area contributed by atoms with Gasteiger partial charge in [-0.25, -0.2) is 19.2 Å². The van der Waals surface area contributed by atoms with E-state index in [0.29, 0.717) is 75.7 Å². The van der Waals surface area contributed by atoms with Crippen LogP contribution in [-0.4, -0.2) is 173 Å². The number of anilines is 2. The van der Waals surface area contributed by atoms with Crippen molar-refractivity contribution in [3.63, 3.8) is 0 Å². The van der Waals surface area contributed by atoms with Crippen LogP contribution in [0.25, 0.3) is 88.7 Å². The standard InChI is InChI=1S/C20H23N5O2.C17H16N4O2.C17H17NO3.C16H14N4O2.C15H15NO2.C4H11NO.Cl4Si.Li.N3.Na.H2O/c1-13-5-7-16(8-6-13)17-9-18(20(26)21-14(2)12-27-4)11-19(10-17)25-15(3)22-23-24-25;1-11-4-6-13(7-5-11)14-8-15(17(22)23-3)10-16(9-14)21-12(2)18-19-20-21;1-11-4-6-13(7-5-11)14-8-15(17(20)21-3)10-16(9-14)18-12(2)19;1-10-3-5-12(6-4-10)13-7-14(16(21)22)9-15(8-13)20-11(2)17-18-19-20;1-10-3-5-11(6-4-10)12-7-13(15(17)18-2)9-14(16)8-12;1-4(5)3-6-2;1-5(2,3)4;;1-3-2;;/h5-11,14H,12H2,1-4H3,(H,21,26);4-10H,1-3H3;4-10H,1-3H3,(H,18,19);3-9H,1-2H3,(H,21,22);3-9H,16H2,1-2H3;4H,3,5H2,1-2H3;;;;;1H2/q;;;;;;;+1;-1;+1;/p-1. The summed E-state index contributed by atoms with van der Waals surface area (Å²) in [4.78, 5) is 72.1. The van der Waals surface area contributed by atoms with Gasteiger partial charge >= 0.3 is 77.6 Å². The summed E-state index contributed by atoms with van der Waals surface area (Å²) in [7, 11) is 7.31. The first-order valence-electron chi connectivity index (χ1n) is 38.0. The van der Waals surface area contributed by atoms with Gasteiger partial charge in [0.1, 0.15) is 0 Å². The van der Waals surface area contributed by atoms with Crippen LogP contribution in [0.15, 0.2) is 212 Å². The Morgan fingerprint density at radius 1 is 0.438 bits per heavy atom. The Morgan fingerprint density at radius 3 is 0.984 bits per heavy atom. The van der Waals surface area contributed by atoms with E-state index in [2.05, 4.69) is 61.9 Å². The van der Waals surface area contributed by atoms with E-state index >= 15 is 0 Å². The number of carbonyl (C=O) groups excluding carboxylic acids is 5. The van der Waals surface area contributed by atoms with E-state index < -0.39 is 23.2 Å². The quantitative estimate of drug-likeness (QED) is 0.00733. The number of nitrogens with two attached hydrogens (primary N) is 2. The average Bonchev–Trinajstić information content (AvgIpc) is 1.52. The van der Waals surface area contributed by atoms with E-state index in [1.54, 1.807) is 92.0 Å². The zero-order valence-electron chi connectivity index (χ0n) is 74.0. The molecule has 10 aromatic carbocycles. The second kappa shape index (κ2) is 55.0. The van der Waals surface area contributed by atoms with E-state index in [4.69, 9.17) is 85.8 Å². The van der Waals surface area contributed by atoms with Crippen LogP contribution in [0.1, 0.15) is 118 Å². The molecule has 0 fully saturated rings. The maximum atomic E-state index is 12.7. The Kier molecular flexibility index (Phi) is 47.4. The van der Waals surface area contributed by atoms with Crippen LogP contribution in [0, 0.1) is 55.4 Å². The van der Waals surface area contributed by atoms with Gasteiger partial charge in [-0.05, 0) is 247 Å². The number of halogens is 4. The predicted molar refractivity (Wildman–Crippen MR) is 491 cm³/mol. The number of esters is 3. The fourth-order valence-electron chi connectivity index (χ4n) is 11.6. The largest absolute Gasteiger partial charge is 1.00 e. The van der Waals surface area contributed by atoms with E-state index in [-0.39, 0.29) is 89.3 Å². The molecule has 0 bridgehead atoms. The summed E-state index contributed by atoms with van der Waals surface area (Å²) in [6.07, 6.45) is 0. The van der Waals surface area contributed by atoms with Gasteiger partial charge in [0.15, 0.2) is 17.5 Å². The number of benzene rings is 10.